The fourth-order valence-electron chi connectivity index (χ4n) is 3.66. The van der Waals surface area contributed by atoms with E-state index in [0.29, 0.717) is 23.3 Å². The number of nitrogens with zero attached hydrogens (tertiary/aromatic N) is 1. The van der Waals surface area contributed by atoms with Gasteiger partial charge in [-0.05, 0) is 24.0 Å². The second-order valence-electron chi connectivity index (χ2n) is 8.01. The molecule has 2 aliphatic heterocycles. The Labute approximate surface area is 238 Å². The molecule has 13 heteroatoms. The zero-order chi connectivity index (χ0) is 26.5. The lowest BCUT2D eigenvalue weighted by atomic mass is 9.98. The van der Waals surface area contributed by atoms with Gasteiger partial charge in [-0.15, -0.1) is 11.8 Å². The first kappa shape index (κ1) is 29.0. The van der Waals surface area contributed by atoms with Crippen LogP contribution in [0.1, 0.15) is 36.5 Å². The second kappa shape index (κ2) is 12.8. The van der Waals surface area contributed by atoms with Crippen molar-refractivity contribution >= 4 is 83.3 Å². The van der Waals surface area contributed by atoms with Gasteiger partial charge in [0, 0.05) is 12.0 Å². The molecule has 2 heterocycles. The number of hydrogen-bond acceptors (Lipinski definition) is 8. The van der Waals surface area contributed by atoms with Gasteiger partial charge in [0.25, 0.3) is 5.91 Å². The molecule has 3 rings (SSSR count). The molecule has 2 unspecified atom stereocenters. The lowest BCUT2D eigenvalue weighted by molar-refractivity contribution is -0.162. The number of benzene rings is 1. The number of carbonyl (C=O) groups excluding carboxylic acids is 4. The van der Waals surface area contributed by atoms with E-state index >= 15 is 0 Å². The van der Waals surface area contributed by atoms with Crippen LogP contribution in [0.25, 0.3) is 0 Å². The fraction of sp³-hybridized carbons (Fsp3) is 0.478. The number of alkyl halides is 3. The third-order valence-electron chi connectivity index (χ3n) is 5.44. The number of nitrogens with one attached hydrogen (secondary N) is 1. The summed E-state index contributed by atoms with van der Waals surface area (Å²) in [5, 5.41) is 3.90. The van der Waals surface area contributed by atoms with Crippen LogP contribution in [-0.4, -0.2) is 68.6 Å². The van der Waals surface area contributed by atoms with Gasteiger partial charge >= 0.3 is 11.9 Å². The minimum absolute atomic E-state index is 0.0836. The molecule has 9 nitrogen and oxygen atoms in total. The van der Waals surface area contributed by atoms with E-state index in [1.165, 1.54) is 23.8 Å². The van der Waals surface area contributed by atoms with Crippen LogP contribution in [-0.2, 0) is 23.9 Å². The first-order valence-electron chi connectivity index (χ1n) is 11.1. The highest BCUT2D eigenvalue weighted by atomic mass is 80.0. The van der Waals surface area contributed by atoms with Crippen LogP contribution < -0.4 is 10.1 Å². The number of amides is 2. The number of fused-ring (bicyclic) bond motifs is 1. The Bertz CT molecular complexity index is 1050. The Morgan fingerprint density at radius 1 is 1.17 bits per heavy atom. The van der Waals surface area contributed by atoms with Crippen LogP contribution in [0.3, 0.4) is 0 Å². The maximum atomic E-state index is 13.2. The molecule has 1 N–H and O–H groups in total. The van der Waals surface area contributed by atoms with Crippen LogP contribution in [0.15, 0.2) is 35.2 Å². The summed E-state index contributed by atoms with van der Waals surface area (Å²) < 4.78 is 15.2. The Hall–Kier alpha value is -1.57. The number of β-lactam (4-membered cyclic amide) rings is 1. The number of esters is 2. The molecule has 0 aliphatic carbocycles. The molecule has 1 aromatic carbocycles. The maximum absolute atomic E-state index is 13.2. The number of ether oxygens (including phenoxy) is 3. The molecule has 1 saturated heterocycles. The summed E-state index contributed by atoms with van der Waals surface area (Å²) >= 11 is 11.1. The van der Waals surface area contributed by atoms with Crippen molar-refractivity contribution in [3.05, 3.63) is 40.8 Å². The Morgan fingerprint density at radius 3 is 2.56 bits per heavy atom. The quantitative estimate of drug-likeness (QED) is 0.220. The summed E-state index contributed by atoms with van der Waals surface area (Å²) in [6.45, 7) is 1.74. The molecule has 2 aliphatic rings. The van der Waals surface area contributed by atoms with Crippen LogP contribution in [0.4, 0.5) is 0 Å². The smallest absolute Gasteiger partial charge is 0.333 e. The number of thioether (sulfide) groups is 1. The summed E-state index contributed by atoms with van der Waals surface area (Å²) in [7, 11) is 1.46. The largest absolute Gasteiger partial charge is 0.496 e. The summed E-state index contributed by atoms with van der Waals surface area (Å²) in [5.41, 5.74) is 0.722. The summed E-state index contributed by atoms with van der Waals surface area (Å²) in [6, 6.07) is 4.75. The van der Waals surface area contributed by atoms with Crippen LogP contribution >= 0.6 is 59.6 Å². The maximum Gasteiger partial charge on any atom is 0.333 e. The zero-order valence-corrected chi connectivity index (χ0v) is 25.1. The van der Waals surface area contributed by atoms with Crippen molar-refractivity contribution in [2.75, 3.05) is 20.3 Å². The predicted molar refractivity (Wildman–Crippen MR) is 145 cm³/mol. The van der Waals surface area contributed by atoms with Crippen molar-refractivity contribution in [3.8, 4) is 5.75 Å². The molecular formula is C23H25Br3N2O7S. The SMILES string of the molecule is CCCCC(=O)OCC1=CS[C@@H]2C(NC(=O)c3ccccc3OC)C(=O)N2C1C(=O)OCC(Br)(Br)Br. The van der Waals surface area contributed by atoms with E-state index in [0.717, 1.165) is 6.42 Å². The van der Waals surface area contributed by atoms with E-state index in [-0.39, 0.29) is 25.6 Å². The summed E-state index contributed by atoms with van der Waals surface area (Å²) in [6.07, 6.45) is 1.82. The molecule has 3 atom stereocenters. The van der Waals surface area contributed by atoms with Gasteiger partial charge in [-0.3, -0.25) is 14.4 Å². The van der Waals surface area contributed by atoms with Crippen molar-refractivity contribution in [2.45, 2.75) is 45.8 Å². The fourth-order valence-corrected chi connectivity index (χ4v) is 5.21. The molecular weight excluding hydrogens is 688 g/mol. The normalized spacial score (nSPS) is 21.0. The number of rotatable bonds is 10. The third-order valence-corrected chi connectivity index (χ3v) is 7.35. The Balaban J connectivity index is 1.76. The van der Waals surface area contributed by atoms with E-state index in [1.807, 2.05) is 6.92 Å². The van der Waals surface area contributed by atoms with E-state index in [9.17, 15) is 19.2 Å². The highest BCUT2D eigenvalue weighted by Gasteiger charge is 2.56. The van der Waals surface area contributed by atoms with Crippen molar-refractivity contribution < 1.29 is 33.4 Å². The molecule has 0 aromatic heterocycles. The number of halogens is 3. The van der Waals surface area contributed by atoms with Crippen molar-refractivity contribution in [1.29, 1.82) is 0 Å². The third kappa shape index (κ3) is 7.05. The first-order chi connectivity index (χ1) is 17.1. The van der Waals surface area contributed by atoms with Gasteiger partial charge in [0.15, 0.2) is 8.18 Å². The highest BCUT2D eigenvalue weighted by molar-refractivity contribution is 9.39. The standard InChI is InChI=1S/C23H25Br3N2O7S/c1-3-4-9-16(29)34-10-13-11-36-21-17(27-19(30)14-7-5-6-8-15(14)33-2)20(31)28(21)18(13)22(32)35-12-23(24,25)26/h5-8,11,17-18,21H,3-4,9-10,12H2,1-2H3,(H,27,30)/t17?,18?,21-/m1/s1. The molecule has 1 fully saturated rings. The summed E-state index contributed by atoms with van der Waals surface area (Å²) in [4.78, 5) is 52.5. The Kier molecular flexibility index (Phi) is 10.3. The molecule has 0 spiro atoms. The van der Waals surface area contributed by atoms with Crippen molar-refractivity contribution in [3.63, 3.8) is 0 Å². The van der Waals surface area contributed by atoms with Crippen molar-refractivity contribution in [2.24, 2.45) is 0 Å². The monoisotopic (exact) mass is 710 g/mol. The molecule has 196 valence electrons. The zero-order valence-electron chi connectivity index (χ0n) is 19.5. The molecule has 2 amide bonds. The van der Waals surface area contributed by atoms with Gasteiger partial charge in [-0.25, -0.2) is 4.79 Å². The van der Waals surface area contributed by atoms with Gasteiger partial charge in [0.05, 0.1) is 12.7 Å². The van der Waals surface area contributed by atoms with Crippen LogP contribution in [0.2, 0.25) is 0 Å². The van der Waals surface area contributed by atoms with Crippen molar-refractivity contribution in [1.82, 2.24) is 10.2 Å². The highest BCUT2D eigenvalue weighted by Crippen LogP contribution is 2.41. The minimum atomic E-state index is -1.09. The number of para-hydroxylation sites is 1. The first-order valence-corrected chi connectivity index (χ1v) is 14.4. The van der Waals surface area contributed by atoms with E-state index in [4.69, 9.17) is 14.2 Å². The minimum Gasteiger partial charge on any atom is -0.496 e. The predicted octanol–water partition coefficient (Wildman–Crippen LogP) is 4.08. The number of unbranched alkanes of at least 4 members (excludes halogenated alkanes) is 1. The van der Waals surface area contributed by atoms with E-state index in [1.54, 1.807) is 29.7 Å². The second-order valence-corrected chi connectivity index (χ2v) is 16.3. The molecule has 0 saturated carbocycles. The van der Waals surface area contributed by atoms with Gasteiger partial charge in [-0.2, -0.15) is 0 Å². The lowest BCUT2D eigenvalue weighted by Crippen LogP contribution is -2.74. The number of carbonyl (C=O) groups is 4. The lowest BCUT2D eigenvalue weighted by Gasteiger charge is -2.51. The Morgan fingerprint density at radius 2 is 1.89 bits per heavy atom. The van der Waals surface area contributed by atoms with Gasteiger partial charge in [-0.1, -0.05) is 73.3 Å². The van der Waals surface area contributed by atoms with E-state index in [2.05, 4.69) is 53.1 Å². The topological polar surface area (TPSA) is 111 Å². The van der Waals surface area contributed by atoms with Gasteiger partial charge < -0.3 is 24.4 Å². The average Bonchev–Trinajstić information content (AvgIpc) is 2.86. The van der Waals surface area contributed by atoms with Crippen LogP contribution in [0.5, 0.6) is 5.75 Å². The molecule has 0 bridgehead atoms. The van der Waals surface area contributed by atoms with Gasteiger partial charge in [0.1, 0.15) is 30.4 Å². The van der Waals surface area contributed by atoms with Gasteiger partial charge in [0.2, 0.25) is 5.91 Å². The van der Waals surface area contributed by atoms with Crippen LogP contribution in [0, 0.1) is 0 Å². The molecule has 1 aromatic rings. The number of methoxy groups -OCH3 is 1. The molecule has 36 heavy (non-hydrogen) atoms. The van der Waals surface area contributed by atoms with E-state index < -0.39 is 37.4 Å². The average molecular weight is 713 g/mol. The number of hydrogen-bond donors (Lipinski definition) is 1. The summed E-state index contributed by atoms with van der Waals surface area (Å²) in [5.74, 6) is -1.59. The molecule has 0 radical (unpaired) electrons.